The molecule has 32 heavy (non-hydrogen) atoms. The Labute approximate surface area is 189 Å². The fraction of sp³-hybridized carbons (Fsp3) is 0.458. The number of ether oxygens (including phenoxy) is 2. The summed E-state index contributed by atoms with van der Waals surface area (Å²) in [6.45, 7) is 7.96. The van der Waals surface area contributed by atoms with Gasteiger partial charge in [-0.3, -0.25) is 4.90 Å². The van der Waals surface area contributed by atoms with E-state index in [1.54, 1.807) is 0 Å². The second-order valence-electron chi connectivity index (χ2n) is 7.65. The highest BCUT2D eigenvalue weighted by Gasteiger charge is 2.13. The first-order valence-corrected chi connectivity index (χ1v) is 11.1. The first-order chi connectivity index (χ1) is 15.6. The third-order valence-electron chi connectivity index (χ3n) is 5.13. The van der Waals surface area contributed by atoms with Gasteiger partial charge in [0.05, 0.1) is 19.8 Å². The first-order valence-electron chi connectivity index (χ1n) is 11.1. The van der Waals surface area contributed by atoms with E-state index >= 15 is 0 Å². The number of hydrogen-bond acceptors (Lipinski definition) is 5. The van der Waals surface area contributed by atoms with Crippen LogP contribution in [0, 0.1) is 5.82 Å². The molecule has 7 nitrogen and oxygen atoms in total. The number of aliphatic hydroxyl groups excluding tert-OH is 1. The normalized spacial score (nSPS) is 15.9. The molecular formula is C24H33FN4O3. The van der Waals surface area contributed by atoms with E-state index in [2.05, 4.69) is 33.7 Å². The largest absolute Gasteiger partial charge is 0.491 e. The van der Waals surface area contributed by atoms with E-state index in [1.807, 2.05) is 13.0 Å². The molecule has 1 unspecified atom stereocenters. The number of hydrogen-bond donors (Lipinski definition) is 3. The average Bonchev–Trinajstić information content (AvgIpc) is 2.82. The second kappa shape index (κ2) is 13.0. The Balaban J connectivity index is 1.51. The van der Waals surface area contributed by atoms with Crippen LogP contribution in [0.5, 0.6) is 5.75 Å². The highest BCUT2D eigenvalue weighted by molar-refractivity contribution is 5.79. The zero-order chi connectivity index (χ0) is 22.6. The van der Waals surface area contributed by atoms with Crippen LogP contribution in [0.4, 0.5) is 4.39 Å². The van der Waals surface area contributed by atoms with Crippen molar-refractivity contribution in [3.05, 3.63) is 65.5 Å². The maximum Gasteiger partial charge on any atom is 0.191 e. The van der Waals surface area contributed by atoms with Gasteiger partial charge in [0, 0.05) is 32.7 Å². The molecule has 3 N–H and O–H groups in total. The Morgan fingerprint density at radius 3 is 2.56 bits per heavy atom. The van der Waals surface area contributed by atoms with Gasteiger partial charge in [0.2, 0.25) is 0 Å². The van der Waals surface area contributed by atoms with Crippen LogP contribution in [0.25, 0.3) is 0 Å². The van der Waals surface area contributed by atoms with E-state index in [4.69, 9.17) is 14.5 Å². The number of rotatable bonds is 10. The molecule has 8 heteroatoms. The van der Waals surface area contributed by atoms with Gasteiger partial charge in [-0.15, -0.1) is 0 Å². The molecule has 1 aliphatic heterocycles. The van der Waals surface area contributed by atoms with E-state index in [0.717, 1.165) is 32.8 Å². The van der Waals surface area contributed by atoms with E-state index in [0.29, 0.717) is 24.8 Å². The van der Waals surface area contributed by atoms with Crippen LogP contribution < -0.4 is 15.4 Å². The minimum Gasteiger partial charge on any atom is -0.491 e. The summed E-state index contributed by atoms with van der Waals surface area (Å²) in [5.41, 5.74) is 2.44. The molecular weight excluding hydrogens is 411 g/mol. The predicted molar refractivity (Wildman–Crippen MR) is 123 cm³/mol. The average molecular weight is 445 g/mol. The van der Waals surface area contributed by atoms with Crippen LogP contribution in [0.1, 0.15) is 18.1 Å². The summed E-state index contributed by atoms with van der Waals surface area (Å²) in [6, 6.07) is 14.1. The van der Waals surface area contributed by atoms with Gasteiger partial charge in [-0.05, 0) is 42.3 Å². The van der Waals surface area contributed by atoms with Crippen molar-refractivity contribution < 1.29 is 19.0 Å². The van der Waals surface area contributed by atoms with Crippen LogP contribution in [0.15, 0.2) is 53.5 Å². The van der Waals surface area contributed by atoms with Crippen LogP contribution in [-0.2, 0) is 17.8 Å². The van der Waals surface area contributed by atoms with Gasteiger partial charge in [0.15, 0.2) is 5.96 Å². The fourth-order valence-corrected chi connectivity index (χ4v) is 3.37. The van der Waals surface area contributed by atoms with Crippen molar-refractivity contribution in [2.75, 3.05) is 46.0 Å². The number of morpholine rings is 1. The van der Waals surface area contributed by atoms with Gasteiger partial charge < -0.3 is 25.2 Å². The molecule has 3 rings (SSSR count). The molecule has 0 radical (unpaired) electrons. The molecule has 0 amide bonds. The third kappa shape index (κ3) is 8.11. The van der Waals surface area contributed by atoms with Crippen molar-refractivity contribution in [1.29, 1.82) is 0 Å². The number of guanidine groups is 1. The molecule has 2 aromatic carbocycles. The fourth-order valence-electron chi connectivity index (χ4n) is 3.37. The molecule has 0 bridgehead atoms. The van der Waals surface area contributed by atoms with Crippen LogP contribution >= 0.6 is 0 Å². The highest BCUT2D eigenvalue weighted by atomic mass is 19.1. The lowest BCUT2D eigenvalue weighted by Gasteiger charge is -2.27. The van der Waals surface area contributed by atoms with Crippen LogP contribution in [0.3, 0.4) is 0 Å². The quantitative estimate of drug-likeness (QED) is 0.385. The van der Waals surface area contributed by atoms with E-state index in [-0.39, 0.29) is 19.0 Å². The van der Waals surface area contributed by atoms with Gasteiger partial charge >= 0.3 is 0 Å². The van der Waals surface area contributed by atoms with Crippen molar-refractivity contribution in [2.24, 2.45) is 4.99 Å². The van der Waals surface area contributed by atoms with Crippen molar-refractivity contribution in [1.82, 2.24) is 15.5 Å². The van der Waals surface area contributed by atoms with Crippen molar-refractivity contribution >= 4 is 5.96 Å². The number of aliphatic hydroxyl groups is 1. The first kappa shape index (κ1) is 24.0. The molecule has 2 aromatic rings. The molecule has 0 saturated carbocycles. The minimum absolute atomic E-state index is 0.0976. The van der Waals surface area contributed by atoms with Gasteiger partial charge in [-0.25, -0.2) is 9.38 Å². The number of halogens is 1. The molecule has 0 spiro atoms. The summed E-state index contributed by atoms with van der Waals surface area (Å²) in [5, 5.41) is 16.6. The summed E-state index contributed by atoms with van der Waals surface area (Å²) in [7, 11) is 0. The van der Waals surface area contributed by atoms with Crippen molar-refractivity contribution in [3.8, 4) is 5.75 Å². The Bertz CT molecular complexity index is 841. The molecule has 1 atom stereocenters. The minimum atomic E-state index is -0.738. The standard InChI is InChI=1S/C24H33FN4O3/c1-2-26-24(28-16-22(30)18-32-23-9-7-21(25)8-10-23)27-15-19-5-3-4-6-20(19)17-29-11-13-31-14-12-29/h3-10,22,30H,2,11-18H2,1H3,(H2,26,27,28). The monoisotopic (exact) mass is 444 g/mol. The molecule has 1 fully saturated rings. The lowest BCUT2D eigenvalue weighted by molar-refractivity contribution is 0.0341. The Hall–Kier alpha value is -2.68. The van der Waals surface area contributed by atoms with Gasteiger partial charge in [0.1, 0.15) is 24.3 Å². The SMILES string of the molecule is CCNC(=NCc1ccccc1CN1CCOCC1)NCC(O)COc1ccc(F)cc1. The summed E-state index contributed by atoms with van der Waals surface area (Å²) >= 11 is 0. The maximum absolute atomic E-state index is 13.0. The number of aliphatic imine (C=N–C) groups is 1. The molecule has 0 aromatic heterocycles. The summed E-state index contributed by atoms with van der Waals surface area (Å²) < 4.78 is 23.9. The third-order valence-corrected chi connectivity index (χ3v) is 5.13. The molecule has 0 aliphatic carbocycles. The summed E-state index contributed by atoms with van der Waals surface area (Å²) in [4.78, 5) is 7.09. The maximum atomic E-state index is 13.0. The van der Waals surface area contributed by atoms with E-state index in [9.17, 15) is 9.50 Å². The zero-order valence-corrected chi connectivity index (χ0v) is 18.6. The van der Waals surface area contributed by atoms with Crippen molar-refractivity contribution in [2.45, 2.75) is 26.1 Å². The number of benzene rings is 2. The van der Waals surface area contributed by atoms with E-state index in [1.165, 1.54) is 35.4 Å². The smallest absolute Gasteiger partial charge is 0.191 e. The summed E-state index contributed by atoms with van der Waals surface area (Å²) in [5.74, 6) is 0.829. The second-order valence-corrected chi connectivity index (χ2v) is 7.65. The van der Waals surface area contributed by atoms with Gasteiger partial charge in [-0.2, -0.15) is 0 Å². The van der Waals surface area contributed by atoms with Gasteiger partial charge in [0.25, 0.3) is 0 Å². The number of nitrogens with zero attached hydrogens (tertiary/aromatic N) is 2. The highest BCUT2D eigenvalue weighted by Crippen LogP contribution is 2.14. The summed E-state index contributed by atoms with van der Waals surface area (Å²) in [6.07, 6.45) is -0.738. The van der Waals surface area contributed by atoms with Crippen LogP contribution in [-0.4, -0.2) is 68.1 Å². The molecule has 1 saturated heterocycles. The molecule has 1 aliphatic rings. The zero-order valence-electron chi connectivity index (χ0n) is 18.6. The Kier molecular flexibility index (Phi) is 9.74. The van der Waals surface area contributed by atoms with E-state index < -0.39 is 6.10 Å². The van der Waals surface area contributed by atoms with Crippen molar-refractivity contribution in [3.63, 3.8) is 0 Å². The number of nitrogens with one attached hydrogen (secondary N) is 2. The lowest BCUT2D eigenvalue weighted by Crippen LogP contribution is -2.42. The van der Waals surface area contributed by atoms with Gasteiger partial charge in [-0.1, -0.05) is 24.3 Å². The molecule has 174 valence electrons. The Morgan fingerprint density at radius 2 is 1.84 bits per heavy atom. The van der Waals surface area contributed by atoms with Crippen LogP contribution in [0.2, 0.25) is 0 Å². The lowest BCUT2D eigenvalue weighted by atomic mass is 10.1. The predicted octanol–water partition coefficient (Wildman–Crippen LogP) is 2.15. The topological polar surface area (TPSA) is 78.4 Å². The molecule has 1 heterocycles. The Morgan fingerprint density at radius 1 is 1.12 bits per heavy atom.